The first-order chi connectivity index (χ1) is 6.97. The molecule has 1 aliphatic rings. The normalized spacial score (nSPS) is 27.1. The Kier molecular flexibility index (Phi) is 2.49. The molecule has 7 nitrogen and oxygen atoms in total. The number of hydrogen-bond donors (Lipinski definition) is 2. The number of rotatable bonds is 2. The van der Waals surface area contributed by atoms with Crippen LogP contribution >= 0.6 is 0 Å². The number of aromatic nitrogens is 3. The third-order valence-corrected chi connectivity index (χ3v) is 3.01. The summed E-state index contributed by atoms with van der Waals surface area (Å²) in [5.41, 5.74) is 0. The molecule has 2 heterocycles. The molecule has 84 valence electrons. The molecule has 2 atom stereocenters. The second kappa shape index (κ2) is 3.54. The molecule has 1 aliphatic heterocycles. The maximum Gasteiger partial charge on any atom is 0.282 e. The van der Waals surface area contributed by atoms with Crippen LogP contribution in [0.1, 0.15) is 25.1 Å². The summed E-state index contributed by atoms with van der Waals surface area (Å²) in [6.07, 6.45) is 0.970. The lowest BCUT2D eigenvalue weighted by Crippen LogP contribution is -2.14. The molecule has 0 saturated carbocycles. The molecule has 15 heavy (non-hydrogen) atoms. The number of sulfonamides is 1. The molecule has 0 aliphatic carbocycles. The van der Waals surface area contributed by atoms with Crippen molar-refractivity contribution in [3.05, 3.63) is 5.82 Å². The van der Waals surface area contributed by atoms with Crippen molar-refractivity contribution in [2.45, 2.75) is 30.5 Å². The van der Waals surface area contributed by atoms with Crippen LogP contribution in [0, 0.1) is 0 Å². The fourth-order valence-electron chi connectivity index (χ4n) is 1.58. The molecule has 8 heteroatoms. The first kappa shape index (κ1) is 10.5. The van der Waals surface area contributed by atoms with Crippen LogP contribution in [-0.4, -0.2) is 36.3 Å². The lowest BCUT2D eigenvalue weighted by atomic mass is 10.1. The van der Waals surface area contributed by atoms with E-state index in [-0.39, 0.29) is 17.2 Å². The van der Waals surface area contributed by atoms with E-state index in [1.165, 1.54) is 0 Å². The minimum absolute atomic E-state index is 0.0722. The van der Waals surface area contributed by atoms with E-state index >= 15 is 0 Å². The van der Waals surface area contributed by atoms with Gasteiger partial charge in [0.2, 0.25) is 0 Å². The molecule has 1 saturated heterocycles. The van der Waals surface area contributed by atoms with E-state index in [4.69, 9.17) is 9.88 Å². The number of primary sulfonamides is 1. The van der Waals surface area contributed by atoms with Crippen LogP contribution < -0.4 is 5.14 Å². The van der Waals surface area contributed by atoms with E-state index in [1.54, 1.807) is 0 Å². The highest BCUT2D eigenvalue weighted by Crippen LogP contribution is 2.26. The number of nitrogens with zero attached hydrogens (tertiary/aromatic N) is 2. The Morgan fingerprint density at radius 2 is 2.33 bits per heavy atom. The van der Waals surface area contributed by atoms with E-state index < -0.39 is 10.0 Å². The second-order valence-electron chi connectivity index (χ2n) is 3.62. The van der Waals surface area contributed by atoms with E-state index in [9.17, 15) is 8.42 Å². The summed E-state index contributed by atoms with van der Waals surface area (Å²) in [5.74, 6) is 0.589. The van der Waals surface area contributed by atoms with E-state index in [1.807, 2.05) is 6.92 Å². The van der Waals surface area contributed by atoms with Crippen molar-refractivity contribution in [1.29, 1.82) is 0 Å². The Bertz CT molecular complexity index is 455. The van der Waals surface area contributed by atoms with Crippen molar-refractivity contribution in [3.63, 3.8) is 0 Å². The van der Waals surface area contributed by atoms with Crippen LogP contribution in [0.3, 0.4) is 0 Å². The molecule has 1 aromatic rings. The quantitative estimate of drug-likeness (QED) is 0.703. The van der Waals surface area contributed by atoms with Crippen LogP contribution in [0.5, 0.6) is 0 Å². The van der Waals surface area contributed by atoms with Gasteiger partial charge in [0.25, 0.3) is 15.2 Å². The molecular formula is C7H12N4O3S. The highest BCUT2D eigenvalue weighted by Gasteiger charge is 2.27. The van der Waals surface area contributed by atoms with Crippen molar-refractivity contribution in [1.82, 2.24) is 15.2 Å². The summed E-state index contributed by atoms with van der Waals surface area (Å²) in [6, 6.07) is 0. The minimum Gasteiger partial charge on any atom is -0.378 e. The average Bonchev–Trinajstić information content (AvgIpc) is 2.69. The smallest absolute Gasteiger partial charge is 0.282 e. The lowest BCUT2D eigenvalue weighted by Gasteiger charge is -2.00. The summed E-state index contributed by atoms with van der Waals surface area (Å²) < 4.78 is 27.2. The number of aromatic amines is 1. The van der Waals surface area contributed by atoms with Gasteiger partial charge < -0.3 is 4.74 Å². The highest BCUT2D eigenvalue weighted by molar-refractivity contribution is 7.89. The van der Waals surface area contributed by atoms with Gasteiger partial charge in [0, 0.05) is 5.92 Å². The van der Waals surface area contributed by atoms with Crippen LogP contribution in [0.15, 0.2) is 5.16 Å². The van der Waals surface area contributed by atoms with Gasteiger partial charge in [0.05, 0.1) is 12.7 Å². The van der Waals surface area contributed by atoms with E-state index in [0.717, 1.165) is 6.42 Å². The molecule has 0 radical (unpaired) electrons. The number of ether oxygens (including phenoxy) is 1. The van der Waals surface area contributed by atoms with Crippen molar-refractivity contribution in [3.8, 4) is 0 Å². The van der Waals surface area contributed by atoms with Crippen molar-refractivity contribution >= 4 is 10.0 Å². The molecule has 1 aromatic heterocycles. The minimum atomic E-state index is -3.82. The van der Waals surface area contributed by atoms with Gasteiger partial charge in [-0.3, -0.25) is 5.10 Å². The Balaban J connectivity index is 2.21. The Hall–Kier alpha value is -0.990. The lowest BCUT2D eigenvalue weighted by molar-refractivity contribution is 0.123. The summed E-state index contributed by atoms with van der Waals surface area (Å²) in [5, 5.41) is 10.7. The predicted octanol–water partition coefficient (Wildman–Crippen LogP) is -0.655. The second-order valence-corrected chi connectivity index (χ2v) is 5.08. The fourth-order valence-corrected chi connectivity index (χ4v) is 1.97. The van der Waals surface area contributed by atoms with Gasteiger partial charge in [-0.15, -0.1) is 5.10 Å². The van der Waals surface area contributed by atoms with Crippen LogP contribution in [0.4, 0.5) is 0 Å². The summed E-state index contributed by atoms with van der Waals surface area (Å²) >= 11 is 0. The number of nitrogens with two attached hydrogens (primary N) is 1. The molecule has 0 aromatic carbocycles. The van der Waals surface area contributed by atoms with E-state index in [0.29, 0.717) is 12.4 Å². The summed E-state index contributed by atoms with van der Waals surface area (Å²) in [6.45, 7) is 2.48. The third kappa shape index (κ3) is 2.16. The molecule has 0 spiro atoms. The Morgan fingerprint density at radius 1 is 1.60 bits per heavy atom. The molecule has 2 rings (SSSR count). The molecule has 1 fully saturated rings. The maximum absolute atomic E-state index is 10.9. The number of H-pyrrole nitrogens is 1. The standard InChI is InChI=1S/C7H12N4O3S/c1-4-2-5(3-14-4)6-9-7(11-10-6)15(8,12)13/h4-5H,2-3H2,1H3,(H2,8,12,13)(H,9,10,11). The molecule has 0 amide bonds. The van der Waals surface area contributed by atoms with Crippen molar-refractivity contribution in [2.24, 2.45) is 5.14 Å². The Morgan fingerprint density at radius 3 is 2.80 bits per heavy atom. The van der Waals surface area contributed by atoms with Gasteiger partial charge in [-0.25, -0.2) is 18.5 Å². The molecule has 0 bridgehead atoms. The van der Waals surface area contributed by atoms with Crippen molar-refractivity contribution < 1.29 is 13.2 Å². The van der Waals surface area contributed by atoms with Gasteiger partial charge in [0.15, 0.2) is 0 Å². The van der Waals surface area contributed by atoms with Crippen molar-refractivity contribution in [2.75, 3.05) is 6.61 Å². The first-order valence-electron chi connectivity index (χ1n) is 4.53. The largest absolute Gasteiger partial charge is 0.378 e. The van der Waals surface area contributed by atoms with Crippen LogP contribution in [-0.2, 0) is 14.8 Å². The molecule has 3 N–H and O–H groups in total. The zero-order valence-electron chi connectivity index (χ0n) is 8.17. The number of hydrogen-bond acceptors (Lipinski definition) is 5. The van der Waals surface area contributed by atoms with E-state index in [2.05, 4.69) is 15.2 Å². The predicted molar refractivity (Wildman–Crippen MR) is 50.5 cm³/mol. The zero-order valence-corrected chi connectivity index (χ0v) is 8.99. The topological polar surface area (TPSA) is 111 Å². The first-order valence-corrected chi connectivity index (χ1v) is 6.08. The van der Waals surface area contributed by atoms with Crippen LogP contribution in [0.25, 0.3) is 0 Å². The molecule has 2 unspecified atom stereocenters. The summed E-state index contributed by atoms with van der Waals surface area (Å²) in [4.78, 5) is 3.84. The van der Waals surface area contributed by atoms with Gasteiger partial charge >= 0.3 is 0 Å². The van der Waals surface area contributed by atoms with Gasteiger partial charge in [-0.2, -0.15) is 0 Å². The fraction of sp³-hybridized carbons (Fsp3) is 0.714. The van der Waals surface area contributed by atoms with Gasteiger partial charge in [-0.05, 0) is 13.3 Å². The zero-order chi connectivity index (χ0) is 11.1. The Labute approximate surface area is 87.1 Å². The molecular weight excluding hydrogens is 220 g/mol. The van der Waals surface area contributed by atoms with Gasteiger partial charge in [0.1, 0.15) is 5.82 Å². The van der Waals surface area contributed by atoms with Crippen LogP contribution in [0.2, 0.25) is 0 Å². The monoisotopic (exact) mass is 232 g/mol. The van der Waals surface area contributed by atoms with Gasteiger partial charge in [-0.1, -0.05) is 0 Å². The number of nitrogens with one attached hydrogen (secondary N) is 1. The summed E-state index contributed by atoms with van der Waals surface area (Å²) in [7, 11) is -3.82. The third-order valence-electron chi connectivity index (χ3n) is 2.32. The highest BCUT2D eigenvalue weighted by atomic mass is 32.2. The average molecular weight is 232 g/mol. The maximum atomic E-state index is 10.9. The SMILES string of the molecule is CC1CC(c2nc(S(N)(=O)=O)n[nH]2)CO1.